The number of rotatable bonds is 2. The van der Waals surface area contributed by atoms with Gasteiger partial charge >= 0.3 is 0 Å². The van der Waals surface area contributed by atoms with Gasteiger partial charge in [0.1, 0.15) is 11.5 Å². The number of hydrogen-bond acceptors (Lipinski definition) is 3. The second-order valence-corrected chi connectivity index (χ2v) is 6.05. The largest absolute Gasteiger partial charge is 0.333 e. The van der Waals surface area contributed by atoms with Crippen LogP contribution < -0.4 is 0 Å². The molecular formula is C16H15FN2OS. The predicted octanol–water partition coefficient (Wildman–Crippen LogP) is 3.52. The van der Waals surface area contributed by atoms with Crippen molar-refractivity contribution in [3.8, 4) is 0 Å². The van der Waals surface area contributed by atoms with E-state index in [0.717, 1.165) is 22.6 Å². The molecule has 5 heteroatoms. The van der Waals surface area contributed by atoms with Crippen LogP contribution in [0.4, 0.5) is 4.39 Å². The Morgan fingerprint density at radius 3 is 2.67 bits per heavy atom. The highest BCUT2D eigenvalue weighted by Gasteiger charge is 2.21. The quantitative estimate of drug-likeness (QED) is 0.850. The fourth-order valence-electron chi connectivity index (χ4n) is 2.40. The highest BCUT2D eigenvalue weighted by molar-refractivity contribution is 7.09. The Morgan fingerprint density at radius 2 is 2.10 bits per heavy atom. The number of halogens is 1. The summed E-state index contributed by atoms with van der Waals surface area (Å²) < 4.78 is 12.9. The number of hydrogen-bond donors (Lipinski definition) is 0. The molecule has 0 saturated carbocycles. The van der Waals surface area contributed by atoms with Gasteiger partial charge in [-0.15, -0.1) is 11.3 Å². The molecule has 1 amide bonds. The van der Waals surface area contributed by atoms with Gasteiger partial charge in [0.15, 0.2) is 0 Å². The molecule has 21 heavy (non-hydrogen) atoms. The van der Waals surface area contributed by atoms with Gasteiger partial charge in [0.25, 0.3) is 5.91 Å². The first-order valence-corrected chi connectivity index (χ1v) is 7.68. The number of benzene rings is 1. The highest BCUT2D eigenvalue weighted by atomic mass is 32.1. The average Bonchev–Trinajstić information content (AvgIpc) is 2.94. The minimum Gasteiger partial charge on any atom is -0.333 e. The van der Waals surface area contributed by atoms with Crippen molar-refractivity contribution >= 4 is 22.8 Å². The van der Waals surface area contributed by atoms with E-state index >= 15 is 0 Å². The SMILES string of the molecule is Cc1nc(C(=O)N2CC=C(c3ccc(F)cc3)CC2)cs1. The van der Waals surface area contributed by atoms with Crippen molar-refractivity contribution in [2.75, 3.05) is 13.1 Å². The summed E-state index contributed by atoms with van der Waals surface area (Å²) in [6.07, 6.45) is 2.81. The lowest BCUT2D eigenvalue weighted by Crippen LogP contribution is -2.34. The first-order chi connectivity index (χ1) is 10.1. The summed E-state index contributed by atoms with van der Waals surface area (Å²) in [5.41, 5.74) is 2.71. The number of amides is 1. The number of carbonyl (C=O) groups is 1. The summed E-state index contributed by atoms with van der Waals surface area (Å²) in [6, 6.07) is 6.49. The minimum atomic E-state index is -0.231. The Kier molecular flexibility index (Phi) is 3.84. The zero-order valence-corrected chi connectivity index (χ0v) is 12.5. The topological polar surface area (TPSA) is 33.2 Å². The normalized spacial score (nSPS) is 15.0. The summed E-state index contributed by atoms with van der Waals surface area (Å²) in [7, 11) is 0. The maximum absolute atomic E-state index is 12.9. The Bertz CT molecular complexity index is 691. The van der Waals surface area contributed by atoms with Crippen LogP contribution in [-0.4, -0.2) is 28.9 Å². The van der Waals surface area contributed by atoms with Gasteiger partial charge in [-0.3, -0.25) is 4.79 Å². The first kappa shape index (κ1) is 13.9. The fourth-order valence-corrected chi connectivity index (χ4v) is 2.99. The molecule has 108 valence electrons. The zero-order valence-electron chi connectivity index (χ0n) is 11.7. The number of aromatic nitrogens is 1. The van der Waals surface area contributed by atoms with Crippen molar-refractivity contribution in [3.63, 3.8) is 0 Å². The van der Waals surface area contributed by atoms with Crippen molar-refractivity contribution in [3.05, 3.63) is 57.8 Å². The lowest BCUT2D eigenvalue weighted by molar-refractivity contribution is 0.0767. The number of thiazole rings is 1. The van der Waals surface area contributed by atoms with Crippen LogP contribution in [-0.2, 0) is 0 Å². The Labute approximate surface area is 126 Å². The molecule has 0 N–H and O–H groups in total. The van der Waals surface area contributed by atoms with Gasteiger partial charge in [-0.25, -0.2) is 9.37 Å². The molecule has 1 aliphatic heterocycles. The van der Waals surface area contributed by atoms with Gasteiger partial charge in [-0.1, -0.05) is 18.2 Å². The fraction of sp³-hybridized carbons (Fsp3) is 0.250. The van der Waals surface area contributed by atoms with E-state index in [2.05, 4.69) is 4.98 Å². The van der Waals surface area contributed by atoms with Crippen molar-refractivity contribution in [1.29, 1.82) is 0 Å². The van der Waals surface area contributed by atoms with Crippen molar-refractivity contribution < 1.29 is 9.18 Å². The molecular weight excluding hydrogens is 287 g/mol. The monoisotopic (exact) mass is 302 g/mol. The van der Waals surface area contributed by atoms with Gasteiger partial charge in [-0.2, -0.15) is 0 Å². The molecule has 0 aliphatic carbocycles. The van der Waals surface area contributed by atoms with E-state index < -0.39 is 0 Å². The van der Waals surface area contributed by atoms with E-state index in [1.807, 2.05) is 13.0 Å². The van der Waals surface area contributed by atoms with Crippen molar-refractivity contribution in [2.24, 2.45) is 0 Å². The molecule has 3 nitrogen and oxygen atoms in total. The predicted molar refractivity (Wildman–Crippen MR) is 81.7 cm³/mol. The van der Waals surface area contributed by atoms with Gasteiger partial charge in [0.2, 0.25) is 0 Å². The van der Waals surface area contributed by atoms with Crippen LogP contribution in [0.25, 0.3) is 5.57 Å². The van der Waals surface area contributed by atoms with Gasteiger partial charge in [0.05, 0.1) is 5.01 Å². The van der Waals surface area contributed by atoms with Crippen LogP contribution in [0.5, 0.6) is 0 Å². The van der Waals surface area contributed by atoms with E-state index in [1.165, 1.54) is 23.5 Å². The summed E-state index contributed by atoms with van der Waals surface area (Å²) in [4.78, 5) is 18.3. The molecule has 1 aromatic carbocycles. The van der Waals surface area contributed by atoms with Crippen LogP contribution >= 0.6 is 11.3 Å². The molecule has 2 aromatic rings. The lowest BCUT2D eigenvalue weighted by Gasteiger charge is -2.26. The molecule has 0 fully saturated rings. The third-order valence-electron chi connectivity index (χ3n) is 3.55. The maximum Gasteiger partial charge on any atom is 0.273 e. The molecule has 0 saturated heterocycles. The van der Waals surface area contributed by atoms with Gasteiger partial charge in [0, 0.05) is 18.5 Å². The van der Waals surface area contributed by atoms with Crippen molar-refractivity contribution in [2.45, 2.75) is 13.3 Å². The second kappa shape index (κ2) is 5.77. The van der Waals surface area contributed by atoms with E-state index in [-0.39, 0.29) is 11.7 Å². The molecule has 0 unspecified atom stereocenters. The Balaban J connectivity index is 1.71. The standard InChI is InChI=1S/C16H15FN2OS/c1-11-18-15(10-21-11)16(20)19-8-6-13(7-9-19)12-2-4-14(17)5-3-12/h2-6,10H,7-9H2,1H3. The third kappa shape index (κ3) is 3.03. The molecule has 1 aliphatic rings. The lowest BCUT2D eigenvalue weighted by atomic mass is 9.99. The van der Waals surface area contributed by atoms with Gasteiger partial charge in [-0.05, 0) is 36.6 Å². The van der Waals surface area contributed by atoms with Crippen LogP contribution in [0.1, 0.15) is 27.5 Å². The molecule has 0 bridgehead atoms. The molecule has 2 heterocycles. The summed E-state index contributed by atoms with van der Waals surface area (Å²) in [5, 5.41) is 2.70. The summed E-state index contributed by atoms with van der Waals surface area (Å²) in [5.74, 6) is -0.250. The Morgan fingerprint density at radius 1 is 1.33 bits per heavy atom. The third-order valence-corrected chi connectivity index (χ3v) is 4.32. The molecule has 0 spiro atoms. The summed E-state index contributed by atoms with van der Waals surface area (Å²) >= 11 is 1.49. The molecule has 0 radical (unpaired) electrons. The van der Waals surface area contributed by atoms with E-state index in [1.54, 1.807) is 22.4 Å². The van der Waals surface area contributed by atoms with E-state index in [4.69, 9.17) is 0 Å². The smallest absolute Gasteiger partial charge is 0.273 e. The van der Waals surface area contributed by atoms with E-state index in [0.29, 0.717) is 18.8 Å². The second-order valence-electron chi connectivity index (χ2n) is 4.99. The molecule has 3 rings (SSSR count). The van der Waals surface area contributed by atoms with Crippen molar-refractivity contribution in [1.82, 2.24) is 9.88 Å². The minimum absolute atomic E-state index is 0.0197. The van der Waals surface area contributed by atoms with Crippen LogP contribution in [0.15, 0.2) is 35.7 Å². The maximum atomic E-state index is 12.9. The van der Waals surface area contributed by atoms with Gasteiger partial charge < -0.3 is 4.90 Å². The van der Waals surface area contributed by atoms with Crippen LogP contribution in [0, 0.1) is 12.7 Å². The number of nitrogens with zero attached hydrogens (tertiary/aromatic N) is 2. The Hall–Kier alpha value is -2.01. The van der Waals surface area contributed by atoms with Crippen LogP contribution in [0.2, 0.25) is 0 Å². The average molecular weight is 302 g/mol. The zero-order chi connectivity index (χ0) is 14.8. The molecule has 1 aromatic heterocycles. The number of carbonyl (C=O) groups excluding carboxylic acids is 1. The van der Waals surface area contributed by atoms with E-state index in [9.17, 15) is 9.18 Å². The highest BCUT2D eigenvalue weighted by Crippen LogP contribution is 2.23. The molecule has 0 atom stereocenters. The summed E-state index contributed by atoms with van der Waals surface area (Å²) in [6.45, 7) is 3.13. The van der Waals surface area contributed by atoms with Crippen LogP contribution in [0.3, 0.4) is 0 Å². The number of aryl methyl sites for hydroxylation is 1. The first-order valence-electron chi connectivity index (χ1n) is 6.80.